The van der Waals surface area contributed by atoms with E-state index in [9.17, 15) is 4.79 Å². The Labute approximate surface area is 135 Å². The van der Waals surface area contributed by atoms with Crippen LogP contribution in [0.25, 0.3) is 0 Å². The van der Waals surface area contributed by atoms with E-state index in [2.05, 4.69) is 41.4 Å². The third-order valence-electron chi connectivity index (χ3n) is 4.18. The van der Waals surface area contributed by atoms with Gasteiger partial charge in [0.25, 0.3) is 0 Å². The fourth-order valence-electron chi connectivity index (χ4n) is 3.05. The number of ether oxygens (including phenoxy) is 1. The molecule has 1 aliphatic rings. The van der Waals surface area contributed by atoms with E-state index in [-0.39, 0.29) is 11.9 Å². The number of nitrogens with zero attached hydrogens (tertiary/aromatic N) is 3. The summed E-state index contributed by atoms with van der Waals surface area (Å²) in [6.07, 6.45) is 1.84. The zero-order valence-electron chi connectivity index (χ0n) is 14.0. The number of carbonyl (C=O) groups excluding carboxylic acids is 1. The van der Waals surface area contributed by atoms with E-state index in [0.717, 1.165) is 22.4 Å². The monoisotopic (exact) mass is 314 g/mol. The molecule has 1 amide bonds. The molecule has 1 aromatic carbocycles. The molecular formula is C17H22N4O2. The van der Waals surface area contributed by atoms with Gasteiger partial charge in [0.1, 0.15) is 12.1 Å². The van der Waals surface area contributed by atoms with Gasteiger partial charge in [0.05, 0.1) is 19.1 Å². The van der Waals surface area contributed by atoms with Gasteiger partial charge in [-0.15, -0.1) is 0 Å². The number of aromatic nitrogens is 3. The summed E-state index contributed by atoms with van der Waals surface area (Å²) in [5.41, 5.74) is 3.35. The van der Waals surface area contributed by atoms with Gasteiger partial charge < -0.3 is 4.74 Å². The Bertz CT molecular complexity index is 736. The number of benzene rings is 1. The van der Waals surface area contributed by atoms with Crippen LogP contribution in [0, 0.1) is 6.92 Å². The van der Waals surface area contributed by atoms with Crippen LogP contribution in [0.1, 0.15) is 55.8 Å². The summed E-state index contributed by atoms with van der Waals surface area (Å²) >= 11 is 0. The van der Waals surface area contributed by atoms with E-state index in [1.165, 1.54) is 6.33 Å². The van der Waals surface area contributed by atoms with Crippen molar-refractivity contribution in [2.24, 2.45) is 0 Å². The second-order valence-corrected chi connectivity index (χ2v) is 6.13. The Hall–Kier alpha value is -2.37. The summed E-state index contributed by atoms with van der Waals surface area (Å²) < 4.78 is 7.57. The minimum absolute atomic E-state index is 0.0325. The summed E-state index contributed by atoms with van der Waals surface area (Å²) in [5, 5.41) is 7.04. The number of hydrogen-bond donors (Lipinski definition) is 1. The van der Waals surface area contributed by atoms with Crippen molar-refractivity contribution in [2.75, 3.05) is 11.9 Å². The predicted octanol–water partition coefficient (Wildman–Crippen LogP) is 3.04. The molecule has 6 heteroatoms. The van der Waals surface area contributed by atoms with Gasteiger partial charge in [-0.25, -0.2) is 4.68 Å². The smallest absolute Gasteiger partial charge is 0.229 e. The van der Waals surface area contributed by atoms with Gasteiger partial charge in [-0.1, -0.05) is 13.8 Å². The first kappa shape index (κ1) is 15.5. The molecule has 0 saturated heterocycles. The highest BCUT2D eigenvalue weighted by Gasteiger charge is 2.29. The first-order valence-corrected chi connectivity index (χ1v) is 7.97. The van der Waals surface area contributed by atoms with Crippen LogP contribution in [0.3, 0.4) is 0 Å². The van der Waals surface area contributed by atoms with Gasteiger partial charge in [-0.05, 0) is 48.6 Å². The molecule has 0 aliphatic carbocycles. The van der Waals surface area contributed by atoms with Crippen LogP contribution in [-0.2, 0) is 4.79 Å². The van der Waals surface area contributed by atoms with Crippen LogP contribution in [0.2, 0.25) is 0 Å². The van der Waals surface area contributed by atoms with Gasteiger partial charge in [0.2, 0.25) is 11.9 Å². The number of amides is 1. The Balaban J connectivity index is 2.10. The van der Waals surface area contributed by atoms with E-state index in [1.54, 1.807) is 4.68 Å². The molecule has 23 heavy (non-hydrogen) atoms. The molecule has 122 valence electrons. The lowest BCUT2D eigenvalue weighted by atomic mass is 9.91. The second kappa shape index (κ2) is 6.02. The number of anilines is 1. The van der Waals surface area contributed by atoms with Crippen LogP contribution in [-0.4, -0.2) is 27.3 Å². The predicted molar refractivity (Wildman–Crippen MR) is 87.8 cm³/mol. The topological polar surface area (TPSA) is 69.0 Å². The van der Waals surface area contributed by atoms with Crippen molar-refractivity contribution < 1.29 is 9.53 Å². The summed E-state index contributed by atoms with van der Waals surface area (Å²) in [4.78, 5) is 16.1. The molecule has 0 fully saturated rings. The fourth-order valence-corrected chi connectivity index (χ4v) is 3.05. The van der Waals surface area contributed by atoms with Crippen LogP contribution in [0.5, 0.6) is 5.75 Å². The zero-order chi connectivity index (χ0) is 16.6. The molecule has 1 atom stereocenters. The van der Waals surface area contributed by atoms with Crippen molar-refractivity contribution in [3.8, 4) is 5.75 Å². The van der Waals surface area contributed by atoms with Crippen molar-refractivity contribution in [2.45, 2.75) is 46.1 Å². The molecule has 1 unspecified atom stereocenters. The Morgan fingerprint density at radius 2 is 2.22 bits per heavy atom. The minimum Gasteiger partial charge on any atom is -0.494 e. The maximum atomic E-state index is 12.0. The minimum atomic E-state index is -0.130. The largest absolute Gasteiger partial charge is 0.494 e. The average Bonchev–Trinajstić information content (AvgIpc) is 2.94. The quantitative estimate of drug-likeness (QED) is 0.941. The molecule has 0 bridgehead atoms. The maximum absolute atomic E-state index is 12.0. The lowest BCUT2D eigenvalue weighted by Gasteiger charge is -2.26. The zero-order valence-corrected chi connectivity index (χ0v) is 14.0. The van der Waals surface area contributed by atoms with Gasteiger partial charge >= 0.3 is 0 Å². The lowest BCUT2D eigenvalue weighted by molar-refractivity contribution is -0.117. The van der Waals surface area contributed by atoms with Crippen LogP contribution in [0.15, 0.2) is 18.5 Å². The molecule has 2 heterocycles. The van der Waals surface area contributed by atoms with Crippen molar-refractivity contribution >= 4 is 11.9 Å². The second-order valence-electron chi connectivity index (χ2n) is 6.13. The Kier molecular flexibility index (Phi) is 4.07. The summed E-state index contributed by atoms with van der Waals surface area (Å²) in [6.45, 7) is 8.96. The first-order chi connectivity index (χ1) is 11.0. The third kappa shape index (κ3) is 2.81. The standard InChI is InChI=1S/C17H22N4O2/c1-5-23-15-6-11(4)13(7-12(15)10(2)3)14-8-16(22)20-17-18-9-19-21(14)17/h6-7,9-10,14H,5,8H2,1-4H3,(H,18,19,20,22). The van der Waals surface area contributed by atoms with Crippen LogP contribution >= 0.6 is 0 Å². The number of fused-ring (bicyclic) bond motifs is 1. The van der Waals surface area contributed by atoms with E-state index < -0.39 is 0 Å². The number of aryl methyl sites for hydroxylation is 1. The molecule has 0 saturated carbocycles. The molecule has 2 aromatic rings. The van der Waals surface area contributed by atoms with Crippen LogP contribution < -0.4 is 10.1 Å². The number of nitrogens with one attached hydrogen (secondary N) is 1. The van der Waals surface area contributed by atoms with Crippen LogP contribution in [0.4, 0.5) is 5.95 Å². The molecule has 0 radical (unpaired) electrons. The summed E-state index contributed by atoms with van der Waals surface area (Å²) in [6, 6.07) is 4.09. The van der Waals surface area contributed by atoms with Gasteiger partial charge in [0.15, 0.2) is 0 Å². The highest BCUT2D eigenvalue weighted by molar-refractivity contribution is 5.91. The van der Waals surface area contributed by atoms with E-state index in [4.69, 9.17) is 4.74 Å². The number of carbonyl (C=O) groups is 1. The molecule has 1 aliphatic heterocycles. The van der Waals surface area contributed by atoms with Crippen molar-refractivity contribution in [3.05, 3.63) is 35.2 Å². The van der Waals surface area contributed by atoms with Gasteiger partial charge in [0, 0.05) is 0 Å². The summed E-state index contributed by atoms with van der Waals surface area (Å²) in [5.74, 6) is 1.73. The fraction of sp³-hybridized carbons (Fsp3) is 0.471. The van der Waals surface area contributed by atoms with Crippen molar-refractivity contribution in [1.82, 2.24) is 14.8 Å². The van der Waals surface area contributed by atoms with Crippen molar-refractivity contribution in [1.29, 1.82) is 0 Å². The molecular weight excluding hydrogens is 292 g/mol. The summed E-state index contributed by atoms with van der Waals surface area (Å²) in [7, 11) is 0. The molecule has 3 rings (SSSR count). The number of hydrogen-bond acceptors (Lipinski definition) is 4. The lowest BCUT2D eigenvalue weighted by Crippen LogP contribution is -2.29. The average molecular weight is 314 g/mol. The van der Waals surface area contributed by atoms with Gasteiger partial charge in [-0.3, -0.25) is 10.1 Å². The van der Waals surface area contributed by atoms with E-state index in [0.29, 0.717) is 24.9 Å². The molecule has 6 nitrogen and oxygen atoms in total. The number of rotatable bonds is 4. The first-order valence-electron chi connectivity index (χ1n) is 7.97. The highest BCUT2D eigenvalue weighted by Crippen LogP contribution is 2.36. The van der Waals surface area contributed by atoms with Gasteiger partial charge in [-0.2, -0.15) is 10.1 Å². The van der Waals surface area contributed by atoms with E-state index in [1.807, 2.05) is 13.8 Å². The molecule has 1 N–H and O–H groups in total. The van der Waals surface area contributed by atoms with Crippen molar-refractivity contribution in [3.63, 3.8) is 0 Å². The highest BCUT2D eigenvalue weighted by atomic mass is 16.5. The normalized spacial score (nSPS) is 17.1. The molecule has 1 aromatic heterocycles. The Morgan fingerprint density at radius 3 is 2.91 bits per heavy atom. The maximum Gasteiger partial charge on any atom is 0.229 e. The SMILES string of the molecule is CCOc1cc(C)c(C2CC(=O)Nc3ncnn32)cc1C(C)C. The molecule has 0 spiro atoms. The third-order valence-corrected chi connectivity index (χ3v) is 4.18. The van der Waals surface area contributed by atoms with E-state index >= 15 is 0 Å². The Morgan fingerprint density at radius 1 is 1.43 bits per heavy atom.